The molecule has 0 spiro atoms. The maximum atomic E-state index is 12.5. The number of hydrogen-bond donors (Lipinski definition) is 1. The van der Waals surface area contributed by atoms with Gasteiger partial charge in [0, 0.05) is 21.5 Å². The molecular formula is C22H17BrClN3O. The first-order valence-corrected chi connectivity index (χ1v) is 9.70. The number of aryl methyl sites for hydroxylation is 1. The molecule has 0 atom stereocenters. The Morgan fingerprint density at radius 3 is 2.50 bits per heavy atom. The minimum absolute atomic E-state index is 0.0102. The lowest BCUT2D eigenvalue weighted by atomic mass is 10.1. The lowest BCUT2D eigenvalue weighted by Gasteiger charge is -2.10. The molecule has 6 heteroatoms. The van der Waals surface area contributed by atoms with Gasteiger partial charge in [-0.25, -0.2) is 0 Å². The third-order valence-electron chi connectivity index (χ3n) is 4.34. The molecule has 0 bridgehead atoms. The highest BCUT2D eigenvalue weighted by Gasteiger charge is 2.14. The summed E-state index contributed by atoms with van der Waals surface area (Å²) in [6, 6.07) is 18.8. The normalized spacial score (nSPS) is 11.2. The minimum atomic E-state index is -0.496. The zero-order valence-corrected chi connectivity index (χ0v) is 17.7. The first kappa shape index (κ1) is 19.9. The number of halogens is 2. The van der Waals surface area contributed by atoms with E-state index in [4.69, 9.17) is 11.6 Å². The molecule has 140 valence electrons. The van der Waals surface area contributed by atoms with Crippen molar-refractivity contribution < 1.29 is 4.79 Å². The van der Waals surface area contributed by atoms with Crippen LogP contribution < -0.4 is 5.32 Å². The van der Waals surface area contributed by atoms with Crippen LogP contribution >= 0.6 is 27.5 Å². The predicted octanol–water partition coefficient (Wildman–Crippen LogP) is 6.06. The smallest absolute Gasteiger partial charge is 0.266 e. The van der Waals surface area contributed by atoms with E-state index in [0.29, 0.717) is 10.7 Å². The molecule has 0 aliphatic rings. The van der Waals surface area contributed by atoms with Crippen LogP contribution in [0.4, 0.5) is 5.69 Å². The Morgan fingerprint density at radius 1 is 1.18 bits per heavy atom. The molecule has 1 aromatic heterocycles. The number of para-hydroxylation sites is 1. The van der Waals surface area contributed by atoms with E-state index in [2.05, 4.69) is 25.8 Å². The number of carbonyl (C=O) groups is 1. The van der Waals surface area contributed by atoms with Crippen molar-refractivity contribution in [1.82, 2.24) is 4.57 Å². The topological polar surface area (TPSA) is 57.8 Å². The fourth-order valence-corrected chi connectivity index (χ4v) is 3.42. The number of rotatable bonds is 4. The van der Waals surface area contributed by atoms with Crippen LogP contribution in [0.2, 0.25) is 5.02 Å². The maximum Gasteiger partial charge on any atom is 0.266 e. The second-order valence-electron chi connectivity index (χ2n) is 6.24. The predicted molar refractivity (Wildman–Crippen MR) is 117 cm³/mol. The molecule has 2 aromatic carbocycles. The van der Waals surface area contributed by atoms with E-state index in [1.54, 1.807) is 30.3 Å². The van der Waals surface area contributed by atoms with Crippen LogP contribution in [-0.2, 0) is 4.79 Å². The van der Waals surface area contributed by atoms with Crippen LogP contribution in [0.25, 0.3) is 11.8 Å². The summed E-state index contributed by atoms with van der Waals surface area (Å²) in [4.78, 5) is 12.5. The summed E-state index contributed by atoms with van der Waals surface area (Å²) in [6.07, 6.45) is 1.60. The summed E-state index contributed by atoms with van der Waals surface area (Å²) in [5.41, 5.74) is 4.25. The Balaban J connectivity index is 1.94. The summed E-state index contributed by atoms with van der Waals surface area (Å²) < 4.78 is 3.08. The SMILES string of the molecule is Cc1cc(/C=C(/C#N)C(=O)Nc2ccccc2Cl)c(C)n1-c1ccc(Br)cc1. The van der Waals surface area contributed by atoms with Gasteiger partial charge in [-0.2, -0.15) is 5.26 Å². The second-order valence-corrected chi connectivity index (χ2v) is 7.56. The van der Waals surface area contributed by atoms with Crippen molar-refractivity contribution in [3.8, 4) is 11.8 Å². The van der Waals surface area contributed by atoms with Gasteiger partial charge in [0.1, 0.15) is 11.6 Å². The molecule has 4 nitrogen and oxygen atoms in total. The van der Waals surface area contributed by atoms with E-state index in [-0.39, 0.29) is 5.57 Å². The highest BCUT2D eigenvalue weighted by molar-refractivity contribution is 9.10. The molecule has 0 fully saturated rings. The van der Waals surface area contributed by atoms with Gasteiger partial charge in [0.2, 0.25) is 0 Å². The molecule has 0 aliphatic carbocycles. The molecule has 28 heavy (non-hydrogen) atoms. The van der Waals surface area contributed by atoms with Gasteiger partial charge >= 0.3 is 0 Å². The Hall–Kier alpha value is -2.81. The van der Waals surface area contributed by atoms with Gasteiger partial charge in [0.05, 0.1) is 10.7 Å². The van der Waals surface area contributed by atoms with Crippen LogP contribution in [0, 0.1) is 25.2 Å². The van der Waals surface area contributed by atoms with Crippen LogP contribution in [-0.4, -0.2) is 10.5 Å². The standard InChI is InChI=1S/C22H17BrClN3O/c1-14-11-16(15(2)27(14)19-9-7-18(23)8-10-19)12-17(13-25)22(28)26-21-6-4-3-5-20(21)24/h3-12H,1-2H3,(H,26,28)/b17-12-. The first-order chi connectivity index (χ1) is 13.4. The molecule has 0 saturated heterocycles. The van der Waals surface area contributed by atoms with Gasteiger partial charge in [0.15, 0.2) is 0 Å². The van der Waals surface area contributed by atoms with E-state index >= 15 is 0 Å². The van der Waals surface area contributed by atoms with Crippen molar-refractivity contribution in [2.45, 2.75) is 13.8 Å². The number of anilines is 1. The quantitative estimate of drug-likeness (QED) is 0.385. The van der Waals surface area contributed by atoms with Crippen LogP contribution in [0.3, 0.4) is 0 Å². The molecule has 3 rings (SSSR count). The van der Waals surface area contributed by atoms with Gasteiger partial charge in [-0.15, -0.1) is 0 Å². The average Bonchev–Trinajstić information content (AvgIpc) is 2.95. The summed E-state index contributed by atoms with van der Waals surface area (Å²) in [6.45, 7) is 3.95. The van der Waals surface area contributed by atoms with Gasteiger partial charge in [-0.05, 0) is 68.0 Å². The van der Waals surface area contributed by atoms with Gasteiger partial charge in [-0.1, -0.05) is 39.7 Å². The minimum Gasteiger partial charge on any atom is -0.320 e. The monoisotopic (exact) mass is 453 g/mol. The fourth-order valence-electron chi connectivity index (χ4n) is 2.98. The number of nitrogens with zero attached hydrogens (tertiary/aromatic N) is 2. The fraction of sp³-hybridized carbons (Fsp3) is 0.0909. The van der Waals surface area contributed by atoms with Crippen molar-refractivity contribution in [2.75, 3.05) is 5.32 Å². The Labute approximate surface area is 177 Å². The highest BCUT2D eigenvalue weighted by Crippen LogP contribution is 2.25. The van der Waals surface area contributed by atoms with Crippen molar-refractivity contribution in [3.05, 3.63) is 86.6 Å². The number of nitrogens with one attached hydrogen (secondary N) is 1. The number of hydrogen-bond acceptors (Lipinski definition) is 2. The van der Waals surface area contributed by atoms with Crippen LogP contribution in [0.1, 0.15) is 17.0 Å². The largest absolute Gasteiger partial charge is 0.320 e. The Kier molecular flexibility index (Phi) is 6.03. The van der Waals surface area contributed by atoms with E-state index in [9.17, 15) is 10.1 Å². The lowest BCUT2D eigenvalue weighted by Crippen LogP contribution is -2.13. The van der Waals surface area contributed by atoms with Crippen molar-refractivity contribution in [3.63, 3.8) is 0 Å². The van der Waals surface area contributed by atoms with E-state index in [0.717, 1.165) is 27.1 Å². The highest BCUT2D eigenvalue weighted by atomic mass is 79.9. The molecule has 1 heterocycles. The van der Waals surface area contributed by atoms with Crippen LogP contribution in [0.15, 0.2) is 64.6 Å². The zero-order valence-electron chi connectivity index (χ0n) is 15.3. The third kappa shape index (κ3) is 4.19. The van der Waals surface area contributed by atoms with Crippen molar-refractivity contribution >= 4 is 45.2 Å². The molecule has 3 aromatic rings. The Morgan fingerprint density at radius 2 is 1.86 bits per heavy atom. The number of carbonyl (C=O) groups excluding carboxylic acids is 1. The molecule has 1 amide bonds. The van der Waals surface area contributed by atoms with Gasteiger partial charge in [0.25, 0.3) is 5.91 Å². The van der Waals surface area contributed by atoms with E-state index in [1.165, 1.54) is 0 Å². The second kappa shape index (κ2) is 8.47. The van der Waals surface area contributed by atoms with Crippen molar-refractivity contribution in [2.24, 2.45) is 0 Å². The van der Waals surface area contributed by atoms with Crippen LogP contribution in [0.5, 0.6) is 0 Å². The summed E-state index contributed by atoms with van der Waals surface area (Å²) in [7, 11) is 0. The lowest BCUT2D eigenvalue weighted by molar-refractivity contribution is -0.112. The van der Waals surface area contributed by atoms with E-state index < -0.39 is 5.91 Å². The number of amides is 1. The molecule has 1 N–H and O–H groups in total. The van der Waals surface area contributed by atoms with Crippen molar-refractivity contribution in [1.29, 1.82) is 5.26 Å². The molecule has 0 radical (unpaired) electrons. The number of benzene rings is 2. The Bertz CT molecular complexity index is 1110. The first-order valence-electron chi connectivity index (χ1n) is 8.53. The summed E-state index contributed by atoms with van der Waals surface area (Å²) in [5.74, 6) is -0.496. The molecule has 0 saturated carbocycles. The molecule has 0 unspecified atom stereocenters. The molecular weight excluding hydrogens is 438 g/mol. The zero-order chi connectivity index (χ0) is 20.3. The van der Waals surface area contributed by atoms with Gasteiger partial charge in [-0.3, -0.25) is 4.79 Å². The third-order valence-corrected chi connectivity index (χ3v) is 5.20. The number of aromatic nitrogens is 1. The van der Waals surface area contributed by atoms with E-state index in [1.807, 2.05) is 50.2 Å². The number of nitriles is 1. The summed E-state index contributed by atoms with van der Waals surface area (Å²) in [5, 5.41) is 12.6. The van der Waals surface area contributed by atoms with Gasteiger partial charge < -0.3 is 9.88 Å². The molecule has 0 aliphatic heterocycles. The maximum absolute atomic E-state index is 12.5. The average molecular weight is 455 g/mol. The summed E-state index contributed by atoms with van der Waals surface area (Å²) >= 11 is 9.52.